The maximum atomic E-state index is 11.8. The number of nitrogens with two attached hydrogens (primary N) is 1. The molecule has 0 aliphatic rings. The van der Waals surface area contributed by atoms with Crippen LogP contribution >= 0.6 is 0 Å². The van der Waals surface area contributed by atoms with E-state index in [1.54, 1.807) is 6.07 Å². The predicted molar refractivity (Wildman–Crippen MR) is 73.2 cm³/mol. The van der Waals surface area contributed by atoms with Crippen molar-refractivity contribution in [3.63, 3.8) is 0 Å². The Hall–Kier alpha value is -1.39. The Kier molecular flexibility index (Phi) is 5.31. The highest BCUT2D eigenvalue weighted by atomic mass is 16.3. The minimum atomic E-state index is -0.122. The van der Waals surface area contributed by atoms with Crippen LogP contribution in [0.2, 0.25) is 0 Å². The van der Waals surface area contributed by atoms with E-state index in [-0.39, 0.29) is 24.5 Å². The van der Waals surface area contributed by atoms with Gasteiger partial charge in [0.05, 0.1) is 6.61 Å². The molecule has 1 aromatic carbocycles. The van der Waals surface area contributed by atoms with Crippen LogP contribution in [0.3, 0.4) is 0 Å². The molecule has 0 spiro atoms. The van der Waals surface area contributed by atoms with Crippen molar-refractivity contribution < 1.29 is 9.90 Å². The number of aliphatic hydroxyl groups excluding tert-OH is 1. The molecule has 0 fully saturated rings. The number of aliphatic hydroxyl groups is 1. The van der Waals surface area contributed by atoms with Crippen LogP contribution in [0.25, 0.3) is 0 Å². The number of benzene rings is 1. The second kappa shape index (κ2) is 6.52. The molecule has 4 N–H and O–H groups in total. The summed E-state index contributed by atoms with van der Waals surface area (Å²) in [6.45, 7) is 5.91. The fraction of sp³-hybridized carbons (Fsp3) is 0.500. The Morgan fingerprint density at radius 1 is 1.44 bits per heavy atom. The molecule has 1 rings (SSSR count). The minimum absolute atomic E-state index is 0.0122. The first-order chi connectivity index (χ1) is 8.43. The van der Waals surface area contributed by atoms with Crippen molar-refractivity contribution in [1.82, 2.24) is 0 Å². The van der Waals surface area contributed by atoms with Crippen molar-refractivity contribution in [3.05, 3.63) is 29.3 Å². The average molecular weight is 250 g/mol. The number of amides is 1. The molecule has 4 nitrogen and oxygen atoms in total. The third-order valence-electron chi connectivity index (χ3n) is 3.07. The van der Waals surface area contributed by atoms with Crippen LogP contribution in [0.5, 0.6) is 0 Å². The lowest BCUT2D eigenvalue weighted by atomic mass is 10.0. The molecular weight excluding hydrogens is 228 g/mol. The van der Waals surface area contributed by atoms with Gasteiger partial charge >= 0.3 is 0 Å². The molecule has 0 aromatic heterocycles. The molecule has 0 saturated heterocycles. The number of carbonyl (C=O) groups is 1. The van der Waals surface area contributed by atoms with E-state index in [1.807, 2.05) is 32.9 Å². The van der Waals surface area contributed by atoms with E-state index in [2.05, 4.69) is 5.32 Å². The molecule has 1 aromatic rings. The van der Waals surface area contributed by atoms with E-state index in [0.29, 0.717) is 6.42 Å². The zero-order valence-electron chi connectivity index (χ0n) is 11.2. The van der Waals surface area contributed by atoms with E-state index in [9.17, 15) is 4.79 Å². The minimum Gasteiger partial charge on any atom is -0.392 e. The lowest BCUT2D eigenvalue weighted by molar-refractivity contribution is -0.116. The lowest BCUT2D eigenvalue weighted by Crippen LogP contribution is -2.31. The van der Waals surface area contributed by atoms with E-state index in [4.69, 9.17) is 10.8 Å². The van der Waals surface area contributed by atoms with Gasteiger partial charge in [0.2, 0.25) is 5.91 Å². The molecule has 100 valence electrons. The fourth-order valence-electron chi connectivity index (χ4n) is 1.61. The van der Waals surface area contributed by atoms with Gasteiger partial charge in [-0.05, 0) is 36.1 Å². The summed E-state index contributed by atoms with van der Waals surface area (Å²) in [6, 6.07) is 5.33. The van der Waals surface area contributed by atoms with Gasteiger partial charge in [0, 0.05) is 18.2 Å². The quantitative estimate of drug-likeness (QED) is 0.746. The van der Waals surface area contributed by atoms with Crippen molar-refractivity contribution >= 4 is 11.6 Å². The van der Waals surface area contributed by atoms with Crippen LogP contribution in [0.15, 0.2) is 18.2 Å². The summed E-state index contributed by atoms with van der Waals surface area (Å²) in [5.74, 6) is 0.210. The molecule has 0 bridgehead atoms. The number of carbonyl (C=O) groups excluding carboxylic acids is 1. The van der Waals surface area contributed by atoms with Gasteiger partial charge in [-0.3, -0.25) is 4.79 Å². The third-order valence-corrected chi connectivity index (χ3v) is 3.07. The summed E-state index contributed by atoms with van der Waals surface area (Å²) >= 11 is 0. The number of nitrogens with one attached hydrogen (secondary N) is 1. The van der Waals surface area contributed by atoms with Crippen LogP contribution in [0.4, 0.5) is 5.69 Å². The second-order valence-corrected chi connectivity index (χ2v) is 4.96. The highest BCUT2D eigenvalue weighted by Gasteiger charge is 2.13. The lowest BCUT2D eigenvalue weighted by Gasteiger charge is -2.15. The summed E-state index contributed by atoms with van der Waals surface area (Å²) in [6.07, 6.45) is 0.318. The molecule has 0 saturated carbocycles. The first kappa shape index (κ1) is 14.7. The van der Waals surface area contributed by atoms with Gasteiger partial charge in [-0.1, -0.05) is 19.9 Å². The summed E-state index contributed by atoms with van der Waals surface area (Å²) in [7, 11) is 0. The first-order valence-electron chi connectivity index (χ1n) is 6.20. The van der Waals surface area contributed by atoms with Crippen LogP contribution in [0.1, 0.15) is 31.4 Å². The van der Waals surface area contributed by atoms with E-state index < -0.39 is 0 Å². The standard InChI is InChI=1S/C14H22N2O2/c1-9(2)13(15)7-14(18)16-12-5-4-11(8-17)10(3)6-12/h4-6,9,13,17H,7-8,15H2,1-3H3,(H,16,18). The molecule has 1 unspecified atom stereocenters. The Morgan fingerprint density at radius 2 is 2.11 bits per heavy atom. The Morgan fingerprint density at radius 3 is 2.61 bits per heavy atom. The Labute approximate surface area is 108 Å². The molecule has 18 heavy (non-hydrogen) atoms. The van der Waals surface area contributed by atoms with Crippen LogP contribution in [0, 0.1) is 12.8 Å². The molecule has 1 atom stereocenters. The van der Waals surface area contributed by atoms with Gasteiger partial charge in [0.15, 0.2) is 0 Å². The summed E-state index contributed by atoms with van der Waals surface area (Å²) in [5.41, 5.74) is 8.42. The summed E-state index contributed by atoms with van der Waals surface area (Å²) in [4.78, 5) is 11.8. The molecule has 4 heteroatoms. The topological polar surface area (TPSA) is 75.4 Å². The third kappa shape index (κ3) is 4.13. The molecular formula is C14H22N2O2. The van der Waals surface area contributed by atoms with Crippen molar-refractivity contribution in [2.45, 2.75) is 39.8 Å². The van der Waals surface area contributed by atoms with Gasteiger partial charge < -0.3 is 16.2 Å². The highest BCUT2D eigenvalue weighted by molar-refractivity contribution is 5.91. The maximum absolute atomic E-state index is 11.8. The largest absolute Gasteiger partial charge is 0.392 e. The van der Waals surface area contributed by atoms with Crippen molar-refractivity contribution in [1.29, 1.82) is 0 Å². The maximum Gasteiger partial charge on any atom is 0.225 e. The molecule has 0 heterocycles. The number of anilines is 1. The second-order valence-electron chi connectivity index (χ2n) is 4.96. The molecule has 0 aliphatic heterocycles. The van der Waals surface area contributed by atoms with E-state index in [0.717, 1.165) is 16.8 Å². The normalized spacial score (nSPS) is 12.6. The number of aryl methyl sites for hydroxylation is 1. The smallest absolute Gasteiger partial charge is 0.225 e. The molecule has 1 amide bonds. The van der Waals surface area contributed by atoms with Gasteiger partial charge in [0.25, 0.3) is 0 Å². The van der Waals surface area contributed by atoms with Gasteiger partial charge in [0.1, 0.15) is 0 Å². The van der Waals surface area contributed by atoms with E-state index in [1.165, 1.54) is 0 Å². The highest BCUT2D eigenvalue weighted by Crippen LogP contribution is 2.15. The van der Waals surface area contributed by atoms with Crippen molar-refractivity contribution in [2.24, 2.45) is 11.7 Å². The van der Waals surface area contributed by atoms with Crippen LogP contribution in [-0.4, -0.2) is 17.1 Å². The fourth-order valence-corrected chi connectivity index (χ4v) is 1.61. The Bertz CT molecular complexity index is 416. The molecule has 0 aliphatic carbocycles. The zero-order valence-corrected chi connectivity index (χ0v) is 11.2. The number of hydrogen-bond donors (Lipinski definition) is 3. The summed E-state index contributed by atoms with van der Waals surface area (Å²) < 4.78 is 0. The van der Waals surface area contributed by atoms with E-state index >= 15 is 0 Å². The SMILES string of the molecule is Cc1cc(NC(=O)CC(N)C(C)C)ccc1CO. The van der Waals surface area contributed by atoms with Gasteiger partial charge in [-0.25, -0.2) is 0 Å². The Balaban J connectivity index is 2.62. The summed E-state index contributed by atoms with van der Waals surface area (Å²) in [5, 5.41) is 11.9. The van der Waals surface area contributed by atoms with Gasteiger partial charge in [-0.2, -0.15) is 0 Å². The zero-order chi connectivity index (χ0) is 13.7. The predicted octanol–water partition coefficient (Wildman–Crippen LogP) is 1.80. The first-order valence-corrected chi connectivity index (χ1v) is 6.20. The number of hydrogen-bond acceptors (Lipinski definition) is 3. The van der Waals surface area contributed by atoms with Crippen LogP contribution < -0.4 is 11.1 Å². The van der Waals surface area contributed by atoms with Gasteiger partial charge in [-0.15, -0.1) is 0 Å². The van der Waals surface area contributed by atoms with Crippen LogP contribution in [-0.2, 0) is 11.4 Å². The van der Waals surface area contributed by atoms with Crippen molar-refractivity contribution in [2.75, 3.05) is 5.32 Å². The molecule has 0 radical (unpaired) electrons. The number of rotatable bonds is 5. The van der Waals surface area contributed by atoms with Crippen molar-refractivity contribution in [3.8, 4) is 0 Å². The average Bonchev–Trinajstić information content (AvgIpc) is 2.28. The monoisotopic (exact) mass is 250 g/mol.